The highest BCUT2D eigenvalue weighted by molar-refractivity contribution is 5.77. The van der Waals surface area contributed by atoms with Gasteiger partial charge in [-0.25, -0.2) is 4.98 Å². The van der Waals surface area contributed by atoms with Gasteiger partial charge in [0.2, 0.25) is 0 Å². The van der Waals surface area contributed by atoms with Crippen LogP contribution in [0.3, 0.4) is 0 Å². The number of pyridine rings is 2. The van der Waals surface area contributed by atoms with Gasteiger partial charge in [-0.1, -0.05) is 6.07 Å². The molecule has 0 unspecified atom stereocenters. The number of rotatable bonds is 6. The Morgan fingerprint density at radius 2 is 1.86 bits per heavy atom. The number of ether oxygens (including phenoxy) is 2. The molecule has 0 amide bonds. The second-order valence-corrected chi connectivity index (χ2v) is 6.96. The summed E-state index contributed by atoms with van der Waals surface area (Å²) in [6.07, 6.45) is 5.75. The minimum absolute atomic E-state index is 0.685. The number of benzene rings is 1. The molecule has 1 N–H and O–H groups in total. The van der Waals surface area contributed by atoms with Crippen molar-refractivity contribution in [3.63, 3.8) is 0 Å². The highest BCUT2D eigenvalue weighted by Crippen LogP contribution is 2.35. The maximum absolute atomic E-state index is 5.49. The lowest BCUT2D eigenvalue weighted by molar-refractivity contribution is 0.355. The van der Waals surface area contributed by atoms with Crippen LogP contribution < -0.4 is 14.8 Å². The highest BCUT2D eigenvalue weighted by Gasteiger charge is 2.16. The summed E-state index contributed by atoms with van der Waals surface area (Å²) in [6.45, 7) is 4.80. The number of aromatic nitrogens is 3. The van der Waals surface area contributed by atoms with Crippen molar-refractivity contribution < 1.29 is 9.47 Å². The number of nitrogens with zero attached hydrogens (tertiary/aromatic N) is 3. The Bertz CT molecular complexity index is 1150. The maximum atomic E-state index is 5.49. The molecular weight excluding hydrogens is 364 g/mol. The standard InChI is InChI=1S/C23H24N4O2/c1-15-10-19(25-13-17-6-5-9-24-12-17)23-26-16(2)22(27(23)14-15)18-7-8-20(28-3)21(11-18)29-4/h5-12,14,25H,13H2,1-4H3. The SMILES string of the molecule is COc1ccc(-c2c(C)nc3c(NCc4cccnc4)cc(C)cn23)cc1OC. The zero-order valence-corrected chi connectivity index (χ0v) is 17.1. The second kappa shape index (κ2) is 7.83. The molecule has 148 valence electrons. The summed E-state index contributed by atoms with van der Waals surface area (Å²) in [5, 5.41) is 3.51. The first-order chi connectivity index (χ1) is 14.1. The molecule has 1 aromatic carbocycles. The molecule has 3 heterocycles. The summed E-state index contributed by atoms with van der Waals surface area (Å²) in [4.78, 5) is 9.04. The van der Waals surface area contributed by atoms with Crippen LogP contribution in [0.15, 0.2) is 55.0 Å². The first-order valence-corrected chi connectivity index (χ1v) is 9.45. The number of imidazole rings is 1. The lowest BCUT2D eigenvalue weighted by Gasteiger charge is -2.12. The first kappa shape index (κ1) is 18.8. The van der Waals surface area contributed by atoms with Crippen molar-refractivity contribution in [2.45, 2.75) is 20.4 Å². The molecule has 0 aliphatic rings. The van der Waals surface area contributed by atoms with E-state index in [1.165, 1.54) is 0 Å². The number of aryl methyl sites for hydroxylation is 2. The quantitative estimate of drug-likeness (QED) is 0.521. The number of nitrogens with one attached hydrogen (secondary N) is 1. The average Bonchev–Trinajstić information content (AvgIpc) is 3.07. The van der Waals surface area contributed by atoms with Crippen molar-refractivity contribution in [3.05, 3.63) is 71.8 Å². The van der Waals surface area contributed by atoms with Gasteiger partial charge in [0.15, 0.2) is 17.1 Å². The lowest BCUT2D eigenvalue weighted by Crippen LogP contribution is -2.03. The van der Waals surface area contributed by atoms with Gasteiger partial charge in [0.25, 0.3) is 0 Å². The molecule has 0 saturated carbocycles. The summed E-state index contributed by atoms with van der Waals surface area (Å²) < 4.78 is 13.0. The zero-order chi connectivity index (χ0) is 20.4. The van der Waals surface area contributed by atoms with Gasteiger partial charge in [0.1, 0.15) is 0 Å². The zero-order valence-electron chi connectivity index (χ0n) is 17.1. The first-order valence-electron chi connectivity index (χ1n) is 9.45. The largest absolute Gasteiger partial charge is 0.493 e. The molecule has 0 fully saturated rings. The Balaban J connectivity index is 1.79. The monoisotopic (exact) mass is 388 g/mol. The molecule has 4 rings (SSSR count). The molecule has 0 saturated heterocycles. The topological polar surface area (TPSA) is 60.7 Å². The van der Waals surface area contributed by atoms with E-state index in [2.05, 4.69) is 40.0 Å². The van der Waals surface area contributed by atoms with E-state index in [1.807, 2.05) is 37.4 Å². The molecule has 6 heteroatoms. The second-order valence-electron chi connectivity index (χ2n) is 6.96. The number of fused-ring (bicyclic) bond motifs is 1. The van der Waals surface area contributed by atoms with Crippen LogP contribution in [0.25, 0.3) is 16.9 Å². The molecule has 0 bridgehead atoms. The molecule has 29 heavy (non-hydrogen) atoms. The Morgan fingerprint density at radius 3 is 2.59 bits per heavy atom. The Morgan fingerprint density at radius 1 is 1.03 bits per heavy atom. The Kier molecular flexibility index (Phi) is 5.08. The summed E-state index contributed by atoms with van der Waals surface area (Å²) in [5.41, 5.74) is 7.16. The number of methoxy groups -OCH3 is 2. The predicted octanol–water partition coefficient (Wildman–Crippen LogP) is 4.64. The summed E-state index contributed by atoms with van der Waals surface area (Å²) in [6, 6.07) is 12.1. The van der Waals surface area contributed by atoms with Crippen LogP contribution in [0.4, 0.5) is 5.69 Å². The van der Waals surface area contributed by atoms with E-state index in [-0.39, 0.29) is 0 Å². The minimum atomic E-state index is 0.685. The van der Waals surface area contributed by atoms with E-state index in [1.54, 1.807) is 20.4 Å². The third kappa shape index (κ3) is 3.61. The molecule has 3 aromatic heterocycles. The molecule has 6 nitrogen and oxygen atoms in total. The van der Waals surface area contributed by atoms with Crippen molar-refractivity contribution in [1.29, 1.82) is 0 Å². The van der Waals surface area contributed by atoms with Gasteiger partial charge in [0.05, 0.1) is 31.3 Å². The minimum Gasteiger partial charge on any atom is -0.493 e. The van der Waals surface area contributed by atoms with Crippen molar-refractivity contribution in [2.24, 2.45) is 0 Å². The van der Waals surface area contributed by atoms with Crippen molar-refractivity contribution in [3.8, 4) is 22.8 Å². The van der Waals surface area contributed by atoms with Crippen molar-refractivity contribution in [1.82, 2.24) is 14.4 Å². The average molecular weight is 388 g/mol. The Labute approximate surface area is 170 Å². The van der Waals surface area contributed by atoms with Crippen LogP contribution >= 0.6 is 0 Å². The van der Waals surface area contributed by atoms with Crippen LogP contribution in [0.5, 0.6) is 11.5 Å². The molecule has 0 aliphatic heterocycles. The van der Waals surface area contributed by atoms with Gasteiger partial charge in [0, 0.05) is 30.7 Å². The summed E-state index contributed by atoms with van der Waals surface area (Å²) in [7, 11) is 3.29. The van der Waals surface area contributed by atoms with E-state index in [9.17, 15) is 0 Å². The fourth-order valence-electron chi connectivity index (χ4n) is 3.56. The summed E-state index contributed by atoms with van der Waals surface area (Å²) in [5.74, 6) is 1.40. The van der Waals surface area contributed by atoms with Gasteiger partial charge < -0.3 is 14.8 Å². The predicted molar refractivity (Wildman–Crippen MR) is 115 cm³/mol. The Hall–Kier alpha value is -3.54. The molecule has 4 aromatic rings. The van der Waals surface area contributed by atoms with Crippen LogP contribution in [0.1, 0.15) is 16.8 Å². The fourth-order valence-corrected chi connectivity index (χ4v) is 3.56. The van der Waals surface area contributed by atoms with Gasteiger partial charge in [-0.2, -0.15) is 0 Å². The normalized spacial score (nSPS) is 10.9. The molecule has 0 radical (unpaired) electrons. The molecular formula is C23H24N4O2. The smallest absolute Gasteiger partial charge is 0.161 e. The third-order valence-electron chi connectivity index (χ3n) is 4.89. The van der Waals surface area contributed by atoms with E-state index in [0.29, 0.717) is 18.0 Å². The fraction of sp³-hybridized carbons (Fsp3) is 0.217. The highest BCUT2D eigenvalue weighted by atomic mass is 16.5. The molecule has 0 spiro atoms. The van der Waals surface area contributed by atoms with Crippen molar-refractivity contribution >= 4 is 11.3 Å². The van der Waals surface area contributed by atoms with Crippen LogP contribution in [-0.4, -0.2) is 28.6 Å². The number of anilines is 1. The van der Waals surface area contributed by atoms with E-state index < -0.39 is 0 Å². The number of hydrogen-bond acceptors (Lipinski definition) is 5. The molecule has 0 atom stereocenters. The third-order valence-corrected chi connectivity index (χ3v) is 4.89. The van der Waals surface area contributed by atoms with Gasteiger partial charge >= 0.3 is 0 Å². The van der Waals surface area contributed by atoms with E-state index in [4.69, 9.17) is 14.5 Å². The van der Waals surface area contributed by atoms with Gasteiger partial charge in [-0.05, 0) is 55.3 Å². The molecule has 0 aliphatic carbocycles. The van der Waals surface area contributed by atoms with Crippen LogP contribution in [0, 0.1) is 13.8 Å². The van der Waals surface area contributed by atoms with E-state index >= 15 is 0 Å². The van der Waals surface area contributed by atoms with Crippen LogP contribution in [-0.2, 0) is 6.54 Å². The van der Waals surface area contributed by atoms with E-state index in [0.717, 1.165) is 39.4 Å². The van der Waals surface area contributed by atoms with Gasteiger partial charge in [-0.3, -0.25) is 9.38 Å². The lowest BCUT2D eigenvalue weighted by atomic mass is 10.1. The number of hydrogen-bond donors (Lipinski definition) is 1. The maximum Gasteiger partial charge on any atom is 0.161 e. The summed E-state index contributed by atoms with van der Waals surface area (Å²) >= 11 is 0. The van der Waals surface area contributed by atoms with Crippen LogP contribution in [0.2, 0.25) is 0 Å². The van der Waals surface area contributed by atoms with Crippen molar-refractivity contribution in [2.75, 3.05) is 19.5 Å². The van der Waals surface area contributed by atoms with Gasteiger partial charge in [-0.15, -0.1) is 0 Å².